The van der Waals surface area contributed by atoms with Crippen molar-refractivity contribution in [1.29, 1.82) is 0 Å². The predicted octanol–water partition coefficient (Wildman–Crippen LogP) is 4.08. The number of nitrogens with two attached hydrogens (primary N) is 1. The summed E-state index contributed by atoms with van der Waals surface area (Å²) in [5.41, 5.74) is 10.0. The third-order valence-corrected chi connectivity index (χ3v) is 6.41. The van der Waals surface area contributed by atoms with Gasteiger partial charge in [0, 0.05) is 6.04 Å². The summed E-state index contributed by atoms with van der Waals surface area (Å²) in [5, 5.41) is 0. The minimum absolute atomic E-state index is 0.373. The SMILES string of the molecule is Cc1cccc(CC(N)C23CC4CC(CC(C4)C2)C3)c1. The Morgan fingerprint density at radius 1 is 1.10 bits per heavy atom. The molecule has 0 heterocycles. The molecule has 4 bridgehead atoms. The lowest BCUT2D eigenvalue weighted by Crippen LogP contribution is -2.55. The molecule has 20 heavy (non-hydrogen) atoms. The molecule has 1 heteroatoms. The van der Waals surface area contributed by atoms with Crippen LogP contribution in [0, 0.1) is 30.1 Å². The minimum Gasteiger partial charge on any atom is -0.327 e. The molecular weight excluding hydrogens is 242 g/mol. The van der Waals surface area contributed by atoms with Gasteiger partial charge in [0.15, 0.2) is 0 Å². The highest BCUT2D eigenvalue weighted by atomic mass is 14.7. The number of rotatable bonds is 3. The summed E-state index contributed by atoms with van der Waals surface area (Å²) in [4.78, 5) is 0. The van der Waals surface area contributed by atoms with Gasteiger partial charge in [-0.05, 0) is 80.6 Å². The number of hydrogen-bond acceptors (Lipinski definition) is 1. The average molecular weight is 269 g/mol. The summed E-state index contributed by atoms with van der Waals surface area (Å²) >= 11 is 0. The van der Waals surface area contributed by atoms with E-state index in [0.717, 1.165) is 24.2 Å². The minimum atomic E-state index is 0.373. The number of aryl methyl sites for hydroxylation is 1. The standard InChI is InChI=1S/C19H27N/c1-13-3-2-4-14(5-13)9-18(20)19-10-15-6-16(11-19)8-17(7-15)12-19/h2-5,15-18H,6-12,20H2,1H3. The fraction of sp³-hybridized carbons (Fsp3) is 0.684. The number of benzene rings is 1. The second kappa shape index (κ2) is 4.59. The molecule has 1 aromatic rings. The van der Waals surface area contributed by atoms with Crippen LogP contribution in [0.25, 0.3) is 0 Å². The van der Waals surface area contributed by atoms with Crippen molar-refractivity contribution in [1.82, 2.24) is 0 Å². The van der Waals surface area contributed by atoms with Gasteiger partial charge >= 0.3 is 0 Å². The summed E-state index contributed by atoms with van der Waals surface area (Å²) in [6.45, 7) is 2.18. The van der Waals surface area contributed by atoms with Gasteiger partial charge in [-0.3, -0.25) is 0 Å². The van der Waals surface area contributed by atoms with E-state index >= 15 is 0 Å². The second-order valence-corrected chi connectivity index (χ2v) is 8.08. The molecule has 0 aliphatic heterocycles. The van der Waals surface area contributed by atoms with Crippen LogP contribution in [0.5, 0.6) is 0 Å². The monoisotopic (exact) mass is 269 g/mol. The molecule has 0 saturated heterocycles. The zero-order valence-corrected chi connectivity index (χ0v) is 12.6. The Balaban J connectivity index is 1.54. The highest BCUT2D eigenvalue weighted by molar-refractivity contribution is 5.24. The van der Waals surface area contributed by atoms with E-state index in [1.54, 1.807) is 0 Å². The Bertz CT molecular complexity index is 469. The Kier molecular flexibility index (Phi) is 2.96. The van der Waals surface area contributed by atoms with Gasteiger partial charge in [-0.2, -0.15) is 0 Å². The van der Waals surface area contributed by atoms with E-state index in [4.69, 9.17) is 5.73 Å². The first kappa shape index (κ1) is 12.9. The highest BCUT2D eigenvalue weighted by Gasteiger charge is 2.53. The van der Waals surface area contributed by atoms with Crippen LogP contribution < -0.4 is 5.73 Å². The van der Waals surface area contributed by atoms with Crippen molar-refractivity contribution >= 4 is 0 Å². The third-order valence-electron chi connectivity index (χ3n) is 6.41. The van der Waals surface area contributed by atoms with E-state index in [-0.39, 0.29) is 0 Å². The van der Waals surface area contributed by atoms with Crippen LogP contribution in [-0.2, 0) is 6.42 Å². The Morgan fingerprint density at radius 3 is 2.25 bits per heavy atom. The first-order valence-electron chi connectivity index (χ1n) is 8.44. The summed E-state index contributed by atoms with van der Waals surface area (Å²) in [7, 11) is 0. The van der Waals surface area contributed by atoms with Crippen molar-refractivity contribution in [3.8, 4) is 0 Å². The Morgan fingerprint density at radius 2 is 1.70 bits per heavy atom. The third kappa shape index (κ3) is 2.11. The molecule has 4 fully saturated rings. The summed E-state index contributed by atoms with van der Waals surface area (Å²) in [6.07, 6.45) is 9.88. The zero-order chi connectivity index (χ0) is 13.7. The smallest absolute Gasteiger partial charge is 0.0136 e. The Labute approximate surface area is 122 Å². The summed E-state index contributed by atoms with van der Waals surface area (Å²) in [5.74, 6) is 3.01. The van der Waals surface area contributed by atoms with Gasteiger partial charge in [0.25, 0.3) is 0 Å². The van der Waals surface area contributed by atoms with Gasteiger partial charge in [-0.25, -0.2) is 0 Å². The molecule has 0 amide bonds. The maximum atomic E-state index is 6.75. The maximum absolute atomic E-state index is 6.75. The topological polar surface area (TPSA) is 26.0 Å². The van der Waals surface area contributed by atoms with Crippen LogP contribution in [0.4, 0.5) is 0 Å². The average Bonchev–Trinajstić information content (AvgIpc) is 2.37. The molecule has 108 valence electrons. The van der Waals surface area contributed by atoms with Gasteiger partial charge in [-0.15, -0.1) is 0 Å². The van der Waals surface area contributed by atoms with Crippen LogP contribution >= 0.6 is 0 Å². The molecule has 5 rings (SSSR count). The van der Waals surface area contributed by atoms with Gasteiger partial charge in [-0.1, -0.05) is 29.8 Å². The van der Waals surface area contributed by atoms with Gasteiger partial charge in [0.1, 0.15) is 0 Å². The molecule has 1 aromatic carbocycles. The summed E-state index contributed by atoms with van der Waals surface area (Å²) < 4.78 is 0. The lowest BCUT2D eigenvalue weighted by Gasteiger charge is -2.59. The van der Waals surface area contributed by atoms with Crippen LogP contribution in [0.2, 0.25) is 0 Å². The van der Waals surface area contributed by atoms with Crippen molar-refractivity contribution in [2.24, 2.45) is 28.9 Å². The molecule has 4 aliphatic carbocycles. The number of hydrogen-bond donors (Lipinski definition) is 1. The lowest BCUT2D eigenvalue weighted by atomic mass is 9.47. The van der Waals surface area contributed by atoms with E-state index in [0.29, 0.717) is 11.5 Å². The van der Waals surface area contributed by atoms with Crippen molar-refractivity contribution in [3.63, 3.8) is 0 Å². The molecule has 0 radical (unpaired) electrons. The first-order valence-corrected chi connectivity index (χ1v) is 8.44. The van der Waals surface area contributed by atoms with Gasteiger partial charge in [0.05, 0.1) is 0 Å². The molecule has 1 nitrogen and oxygen atoms in total. The fourth-order valence-electron chi connectivity index (χ4n) is 5.94. The lowest BCUT2D eigenvalue weighted by molar-refractivity contribution is -0.0667. The maximum Gasteiger partial charge on any atom is 0.0136 e. The van der Waals surface area contributed by atoms with Crippen LogP contribution in [0.1, 0.15) is 49.7 Å². The molecule has 4 saturated carbocycles. The molecule has 1 unspecified atom stereocenters. The quantitative estimate of drug-likeness (QED) is 0.879. The van der Waals surface area contributed by atoms with Crippen LogP contribution in [0.3, 0.4) is 0 Å². The predicted molar refractivity (Wildman–Crippen MR) is 83.5 cm³/mol. The molecule has 0 spiro atoms. The van der Waals surface area contributed by atoms with Crippen molar-refractivity contribution in [2.45, 2.75) is 57.9 Å². The van der Waals surface area contributed by atoms with E-state index < -0.39 is 0 Å². The summed E-state index contributed by atoms with van der Waals surface area (Å²) in [6, 6.07) is 9.31. The molecule has 2 N–H and O–H groups in total. The molecule has 4 aliphatic rings. The van der Waals surface area contributed by atoms with E-state index in [2.05, 4.69) is 31.2 Å². The van der Waals surface area contributed by atoms with Gasteiger partial charge in [0.2, 0.25) is 0 Å². The van der Waals surface area contributed by atoms with E-state index in [9.17, 15) is 0 Å². The van der Waals surface area contributed by atoms with Crippen molar-refractivity contribution in [3.05, 3.63) is 35.4 Å². The first-order chi connectivity index (χ1) is 9.63. The van der Waals surface area contributed by atoms with Crippen molar-refractivity contribution < 1.29 is 0 Å². The Hall–Kier alpha value is -0.820. The highest BCUT2D eigenvalue weighted by Crippen LogP contribution is 2.61. The fourth-order valence-corrected chi connectivity index (χ4v) is 5.94. The molecular formula is C19H27N. The van der Waals surface area contributed by atoms with Crippen molar-refractivity contribution in [2.75, 3.05) is 0 Å². The molecule has 0 aromatic heterocycles. The van der Waals surface area contributed by atoms with Crippen LogP contribution in [0.15, 0.2) is 24.3 Å². The van der Waals surface area contributed by atoms with Gasteiger partial charge < -0.3 is 5.73 Å². The normalized spacial score (nSPS) is 40.0. The molecule has 1 atom stereocenters. The van der Waals surface area contributed by atoms with E-state index in [1.165, 1.54) is 49.7 Å². The van der Waals surface area contributed by atoms with E-state index in [1.807, 2.05) is 0 Å². The largest absolute Gasteiger partial charge is 0.327 e. The van der Waals surface area contributed by atoms with Crippen LogP contribution in [-0.4, -0.2) is 6.04 Å². The second-order valence-electron chi connectivity index (χ2n) is 8.08. The zero-order valence-electron chi connectivity index (χ0n) is 12.6.